The summed E-state index contributed by atoms with van der Waals surface area (Å²) >= 11 is 1.11. The average Bonchev–Trinajstić information content (AvgIpc) is 3.28. The number of ether oxygens (including phenoxy) is 1. The lowest BCUT2D eigenvalue weighted by Crippen LogP contribution is -2.37. The van der Waals surface area contributed by atoms with Gasteiger partial charge in [-0.15, -0.1) is 11.8 Å². The third-order valence-corrected chi connectivity index (χ3v) is 6.57. The smallest absolute Gasteiger partial charge is 0.416 e. The molecule has 0 radical (unpaired) electrons. The molecule has 0 amide bonds. The van der Waals surface area contributed by atoms with Crippen LogP contribution < -0.4 is 4.74 Å². The Morgan fingerprint density at radius 1 is 1.29 bits per heavy atom. The van der Waals surface area contributed by atoms with Crippen LogP contribution >= 0.6 is 11.8 Å². The number of carbonyl (C=O) groups excluding carboxylic acids is 1. The number of likely N-dealkylation sites (tertiary alicyclic amines) is 1. The van der Waals surface area contributed by atoms with Gasteiger partial charge in [0.1, 0.15) is 11.9 Å². The Morgan fingerprint density at radius 2 is 2.04 bits per heavy atom. The van der Waals surface area contributed by atoms with Crippen molar-refractivity contribution in [1.82, 2.24) is 4.90 Å². The third kappa shape index (κ3) is 4.48. The summed E-state index contributed by atoms with van der Waals surface area (Å²) in [6.07, 6.45) is -0.102. The van der Waals surface area contributed by atoms with E-state index < -0.39 is 17.9 Å². The van der Waals surface area contributed by atoms with Crippen molar-refractivity contribution in [3.63, 3.8) is 0 Å². The molecule has 1 aromatic rings. The van der Waals surface area contributed by atoms with Crippen molar-refractivity contribution in [2.24, 2.45) is 5.92 Å². The number of benzene rings is 1. The first-order chi connectivity index (χ1) is 13.2. The van der Waals surface area contributed by atoms with E-state index in [0.717, 1.165) is 43.2 Å². The van der Waals surface area contributed by atoms with Crippen molar-refractivity contribution in [3.05, 3.63) is 23.3 Å². The molecule has 1 unspecified atom stereocenters. The van der Waals surface area contributed by atoms with Gasteiger partial charge in [-0.1, -0.05) is 6.42 Å². The summed E-state index contributed by atoms with van der Waals surface area (Å²) in [5, 5.41) is 0. The van der Waals surface area contributed by atoms with E-state index in [-0.39, 0.29) is 40.4 Å². The Hall–Kier alpha value is -1.28. The number of halogens is 4. The van der Waals surface area contributed by atoms with E-state index in [4.69, 9.17) is 4.74 Å². The lowest BCUT2D eigenvalue weighted by Gasteiger charge is -2.29. The van der Waals surface area contributed by atoms with Gasteiger partial charge in [0.05, 0.1) is 18.2 Å². The quantitative estimate of drug-likeness (QED) is 0.359. The topological polar surface area (TPSA) is 29.5 Å². The van der Waals surface area contributed by atoms with Crippen LogP contribution in [0.15, 0.2) is 17.0 Å². The van der Waals surface area contributed by atoms with E-state index in [1.54, 1.807) is 6.26 Å². The Labute approximate surface area is 166 Å². The van der Waals surface area contributed by atoms with E-state index in [1.165, 1.54) is 7.11 Å². The van der Waals surface area contributed by atoms with Crippen LogP contribution in [0.25, 0.3) is 0 Å². The zero-order valence-electron chi connectivity index (χ0n) is 16.0. The molecule has 1 saturated heterocycles. The van der Waals surface area contributed by atoms with Gasteiger partial charge in [0.25, 0.3) is 0 Å². The highest BCUT2D eigenvalue weighted by Gasteiger charge is 2.38. The summed E-state index contributed by atoms with van der Waals surface area (Å²) in [4.78, 5) is 15.5. The zero-order chi connectivity index (χ0) is 20.5. The second kappa shape index (κ2) is 8.61. The molecule has 1 aliphatic carbocycles. The summed E-state index contributed by atoms with van der Waals surface area (Å²) in [6.45, 7) is 1.12. The molecular formula is C20H25F4NO2S. The van der Waals surface area contributed by atoms with Crippen LogP contribution in [0.2, 0.25) is 0 Å². The molecule has 3 nitrogen and oxygen atoms in total. The summed E-state index contributed by atoms with van der Waals surface area (Å²) in [6, 6.07) is 2.08. The van der Waals surface area contributed by atoms with Crippen molar-refractivity contribution in [1.29, 1.82) is 0 Å². The van der Waals surface area contributed by atoms with Gasteiger partial charge >= 0.3 is 6.18 Å². The predicted molar refractivity (Wildman–Crippen MR) is 101 cm³/mol. The van der Waals surface area contributed by atoms with Gasteiger partial charge in [-0.25, -0.2) is 4.39 Å². The molecule has 0 N–H and O–H groups in total. The molecule has 0 spiro atoms. The van der Waals surface area contributed by atoms with Crippen LogP contribution in [0.3, 0.4) is 0 Å². The number of ketones is 1. The standard InChI is InChI=1S/C20H25F4NO2S/c1-27-17-9-13(20(22,23)24)10-18(28-2)19(17)16(26)8-12-4-3-5-15(12)25-7-6-14(21)11-25/h9-10,12,14-15H,3-8,11H2,1-2H3/t12-,14?,15-/m0/s1. The highest BCUT2D eigenvalue weighted by molar-refractivity contribution is 7.98. The monoisotopic (exact) mass is 419 g/mol. The molecule has 28 heavy (non-hydrogen) atoms. The molecule has 0 aromatic heterocycles. The number of hydrogen-bond donors (Lipinski definition) is 0. The predicted octanol–water partition coefficient (Wildman–Crippen LogP) is 5.22. The number of hydrogen-bond acceptors (Lipinski definition) is 4. The maximum atomic E-state index is 13.6. The first kappa shape index (κ1) is 21.4. The van der Waals surface area contributed by atoms with Gasteiger partial charge in [0.15, 0.2) is 5.78 Å². The normalized spacial score (nSPS) is 26.0. The Kier molecular flexibility index (Phi) is 6.59. The first-order valence-corrected chi connectivity index (χ1v) is 10.7. The number of nitrogens with zero attached hydrogens (tertiary/aromatic N) is 1. The fraction of sp³-hybridized carbons (Fsp3) is 0.650. The van der Waals surface area contributed by atoms with E-state index in [9.17, 15) is 22.4 Å². The summed E-state index contributed by atoms with van der Waals surface area (Å²) in [5.41, 5.74) is -0.603. The SMILES string of the molecule is COc1cc(C(F)(F)F)cc(SC)c1C(=O)C[C@@H]1CCC[C@@H]1N1CCC(F)C1. The van der Waals surface area contributed by atoms with Crippen LogP contribution in [-0.2, 0) is 6.18 Å². The van der Waals surface area contributed by atoms with Crippen molar-refractivity contribution in [2.45, 2.75) is 55.4 Å². The van der Waals surface area contributed by atoms with E-state index in [2.05, 4.69) is 4.90 Å². The van der Waals surface area contributed by atoms with Gasteiger partial charge in [0.2, 0.25) is 0 Å². The van der Waals surface area contributed by atoms with Crippen LogP contribution in [0.5, 0.6) is 5.75 Å². The molecule has 1 saturated carbocycles. The lowest BCUT2D eigenvalue weighted by molar-refractivity contribution is -0.137. The molecule has 1 heterocycles. The number of Topliss-reactive ketones (excluding diaryl/α,β-unsaturated/α-hetero) is 1. The maximum absolute atomic E-state index is 13.6. The minimum absolute atomic E-state index is 0.0382. The Morgan fingerprint density at radius 3 is 2.61 bits per heavy atom. The molecule has 156 valence electrons. The van der Waals surface area contributed by atoms with Crippen LogP contribution in [0.1, 0.15) is 48.0 Å². The fourth-order valence-corrected chi connectivity index (χ4v) is 5.13. The fourth-order valence-electron chi connectivity index (χ4n) is 4.47. The van der Waals surface area contributed by atoms with Gasteiger partial charge in [-0.05, 0) is 43.6 Å². The second-order valence-electron chi connectivity index (χ2n) is 7.52. The third-order valence-electron chi connectivity index (χ3n) is 5.81. The average molecular weight is 419 g/mol. The molecule has 3 atom stereocenters. The molecule has 1 aliphatic heterocycles. The number of carbonyl (C=O) groups is 1. The first-order valence-electron chi connectivity index (χ1n) is 9.49. The van der Waals surface area contributed by atoms with Crippen molar-refractivity contribution in [2.75, 3.05) is 26.5 Å². The zero-order valence-corrected chi connectivity index (χ0v) is 16.8. The van der Waals surface area contributed by atoms with Crippen LogP contribution in [0.4, 0.5) is 17.6 Å². The number of thioether (sulfide) groups is 1. The molecule has 2 aliphatic rings. The molecule has 8 heteroatoms. The van der Waals surface area contributed by atoms with Crippen LogP contribution in [-0.4, -0.2) is 49.4 Å². The molecule has 2 fully saturated rings. The van der Waals surface area contributed by atoms with Gasteiger partial charge < -0.3 is 4.74 Å². The Bertz CT molecular complexity index is 700. The molecular weight excluding hydrogens is 394 g/mol. The summed E-state index contributed by atoms with van der Waals surface area (Å²) in [5.74, 6) is -0.147. The Balaban J connectivity index is 1.83. The van der Waals surface area contributed by atoms with Crippen molar-refractivity contribution < 1.29 is 27.1 Å². The van der Waals surface area contributed by atoms with Crippen LogP contribution in [0, 0.1) is 5.92 Å². The summed E-state index contributed by atoms with van der Waals surface area (Å²) < 4.78 is 58.2. The summed E-state index contributed by atoms with van der Waals surface area (Å²) in [7, 11) is 1.28. The maximum Gasteiger partial charge on any atom is 0.416 e. The van der Waals surface area contributed by atoms with E-state index in [1.807, 2.05) is 0 Å². The van der Waals surface area contributed by atoms with Crippen molar-refractivity contribution >= 4 is 17.5 Å². The number of rotatable bonds is 6. The van der Waals surface area contributed by atoms with E-state index in [0.29, 0.717) is 19.5 Å². The van der Waals surface area contributed by atoms with Gasteiger partial charge in [-0.3, -0.25) is 9.69 Å². The van der Waals surface area contributed by atoms with Crippen molar-refractivity contribution in [3.8, 4) is 5.75 Å². The molecule has 0 bridgehead atoms. The van der Waals surface area contributed by atoms with Gasteiger partial charge in [0, 0.05) is 30.4 Å². The minimum Gasteiger partial charge on any atom is -0.496 e. The lowest BCUT2D eigenvalue weighted by atomic mass is 9.92. The van der Waals surface area contributed by atoms with Gasteiger partial charge in [-0.2, -0.15) is 13.2 Å². The highest BCUT2D eigenvalue weighted by atomic mass is 32.2. The second-order valence-corrected chi connectivity index (χ2v) is 8.37. The molecule has 3 rings (SSSR count). The number of methoxy groups -OCH3 is 1. The number of alkyl halides is 4. The molecule has 1 aromatic carbocycles. The minimum atomic E-state index is -4.51. The largest absolute Gasteiger partial charge is 0.496 e. The highest BCUT2D eigenvalue weighted by Crippen LogP contribution is 2.41. The van der Waals surface area contributed by atoms with E-state index >= 15 is 0 Å².